The van der Waals surface area contributed by atoms with Gasteiger partial charge in [-0.3, -0.25) is 14.9 Å². The van der Waals surface area contributed by atoms with E-state index in [0.717, 1.165) is 4.90 Å². The average Bonchev–Trinajstić information content (AvgIpc) is 2.30. The molecule has 106 valence electrons. The highest BCUT2D eigenvalue weighted by atomic mass is 35.5. The Labute approximate surface area is 121 Å². The summed E-state index contributed by atoms with van der Waals surface area (Å²) in [7, 11) is 0. The molecule has 0 spiro atoms. The first kappa shape index (κ1) is 14.5. The Morgan fingerprint density at radius 1 is 1.25 bits per heavy atom. The molecule has 20 heavy (non-hydrogen) atoms. The molecule has 1 N–H and O–H groups in total. The van der Waals surface area contributed by atoms with Gasteiger partial charge in [0.15, 0.2) is 0 Å². The Balaban J connectivity index is 2.46. The summed E-state index contributed by atoms with van der Waals surface area (Å²) in [4.78, 5) is 37.2. The van der Waals surface area contributed by atoms with Crippen LogP contribution in [0.3, 0.4) is 0 Å². The van der Waals surface area contributed by atoms with Crippen molar-refractivity contribution >= 4 is 35.1 Å². The van der Waals surface area contributed by atoms with Crippen molar-refractivity contribution in [3.8, 4) is 0 Å². The van der Waals surface area contributed by atoms with E-state index in [1.165, 1.54) is 0 Å². The summed E-state index contributed by atoms with van der Waals surface area (Å²) in [5.74, 6) is -2.09. The van der Waals surface area contributed by atoms with Crippen molar-refractivity contribution in [1.29, 1.82) is 0 Å². The molecule has 1 heterocycles. The minimum atomic E-state index is -0.859. The SMILES string of the molecule is Cc1cc(Cl)ccc1N1C(=O)NC(=O)C(C(C)C)C1=O. The number of nitrogens with one attached hydrogen (secondary N) is 1. The van der Waals surface area contributed by atoms with Crippen molar-refractivity contribution in [1.82, 2.24) is 5.32 Å². The van der Waals surface area contributed by atoms with E-state index in [0.29, 0.717) is 16.3 Å². The number of hydrogen-bond donors (Lipinski definition) is 1. The van der Waals surface area contributed by atoms with E-state index in [9.17, 15) is 14.4 Å². The van der Waals surface area contributed by atoms with Gasteiger partial charge in [0.2, 0.25) is 11.8 Å². The van der Waals surface area contributed by atoms with Crippen LogP contribution in [-0.4, -0.2) is 17.8 Å². The fraction of sp³-hybridized carbons (Fsp3) is 0.357. The maximum Gasteiger partial charge on any atom is 0.335 e. The highest BCUT2D eigenvalue weighted by Crippen LogP contribution is 2.28. The van der Waals surface area contributed by atoms with E-state index in [2.05, 4.69) is 5.32 Å². The number of rotatable bonds is 2. The summed E-state index contributed by atoms with van der Waals surface area (Å²) in [6.45, 7) is 5.29. The Kier molecular flexibility index (Phi) is 3.81. The third-order valence-corrected chi connectivity index (χ3v) is 3.50. The van der Waals surface area contributed by atoms with Gasteiger partial charge >= 0.3 is 6.03 Å². The molecule has 1 fully saturated rings. The molecule has 2 rings (SSSR count). The lowest BCUT2D eigenvalue weighted by molar-refractivity contribution is -0.136. The van der Waals surface area contributed by atoms with E-state index < -0.39 is 23.8 Å². The molecule has 6 heteroatoms. The Hall–Kier alpha value is -1.88. The van der Waals surface area contributed by atoms with Crippen molar-refractivity contribution in [2.24, 2.45) is 11.8 Å². The maximum absolute atomic E-state index is 12.4. The van der Waals surface area contributed by atoms with Gasteiger partial charge in [-0.2, -0.15) is 0 Å². The molecule has 1 aliphatic heterocycles. The molecular formula is C14H15ClN2O3. The van der Waals surface area contributed by atoms with Crippen molar-refractivity contribution < 1.29 is 14.4 Å². The van der Waals surface area contributed by atoms with Crippen LogP contribution < -0.4 is 10.2 Å². The number of barbiturate groups is 1. The molecule has 1 unspecified atom stereocenters. The lowest BCUT2D eigenvalue weighted by Crippen LogP contribution is -2.59. The molecule has 0 radical (unpaired) electrons. The minimum Gasteiger partial charge on any atom is -0.277 e. The van der Waals surface area contributed by atoms with Crippen LogP contribution in [-0.2, 0) is 9.59 Å². The zero-order valence-corrected chi connectivity index (χ0v) is 12.2. The number of amides is 4. The van der Waals surface area contributed by atoms with Crippen molar-refractivity contribution in [2.45, 2.75) is 20.8 Å². The number of aryl methyl sites for hydroxylation is 1. The second-order valence-corrected chi connectivity index (χ2v) is 5.56. The quantitative estimate of drug-likeness (QED) is 0.852. The predicted octanol–water partition coefficient (Wildman–Crippen LogP) is 2.50. The van der Waals surface area contributed by atoms with E-state index in [-0.39, 0.29) is 5.92 Å². The molecule has 1 aromatic carbocycles. The first-order valence-electron chi connectivity index (χ1n) is 6.28. The van der Waals surface area contributed by atoms with Crippen LogP contribution in [0.4, 0.5) is 10.5 Å². The summed E-state index contributed by atoms with van der Waals surface area (Å²) < 4.78 is 0. The molecular weight excluding hydrogens is 280 g/mol. The molecule has 1 aromatic rings. The molecule has 0 saturated carbocycles. The lowest BCUT2D eigenvalue weighted by atomic mass is 9.91. The summed E-state index contributed by atoms with van der Waals surface area (Å²) in [6.07, 6.45) is 0. The molecule has 1 saturated heterocycles. The zero-order chi connectivity index (χ0) is 15.0. The average molecular weight is 295 g/mol. The molecule has 0 aromatic heterocycles. The number of imide groups is 2. The monoisotopic (exact) mass is 294 g/mol. The number of halogens is 1. The number of carbonyl (C=O) groups excluding carboxylic acids is 3. The molecule has 4 amide bonds. The number of carbonyl (C=O) groups is 3. The number of nitrogens with zero attached hydrogens (tertiary/aromatic N) is 1. The van der Waals surface area contributed by atoms with Gasteiger partial charge in [-0.1, -0.05) is 25.4 Å². The van der Waals surface area contributed by atoms with Gasteiger partial charge in [-0.25, -0.2) is 9.69 Å². The van der Waals surface area contributed by atoms with Gasteiger partial charge in [-0.15, -0.1) is 0 Å². The summed E-state index contributed by atoms with van der Waals surface area (Å²) in [5.41, 5.74) is 1.13. The number of anilines is 1. The zero-order valence-electron chi connectivity index (χ0n) is 11.4. The van der Waals surface area contributed by atoms with Gasteiger partial charge in [0.25, 0.3) is 0 Å². The molecule has 1 atom stereocenters. The second kappa shape index (κ2) is 5.25. The third kappa shape index (κ3) is 2.41. The highest BCUT2D eigenvalue weighted by Gasteiger charge is 2.43. The van der Waals surface area contributed by atoms with Gasteiger partial charge in [0, 0.05) is 5.02 Å². The molecule has 1 aliphatic rings. The van der Waals surface area contributed by atoms with Crippen LogP contribution in [0, 0.1) is 18.8 Å². The van der Waals surface area contributed by atoms with E-state index >= 15 is 0 Å². The molecule has 0 bridgehead atoms. The van der Waals surface area contributed by atoms with Crippen LogP contribution in [0.1, 0.15) is 19.4 Å². The fourth-order valence-corrected chi connectivity index (χ4v) is 2.50. The van der Waals surface area contributed by atoms with Crippen molar-refractivity contribution in [3.05, 3.63) is 28.8 Å². The van der Waals surface area contributed by atoms with E-state index in [4.69, 9.17) is 11.6 Å². The van der Waals surface area contributed by atoms with E-state index in [1.54, 1.807) is 39.0 Å². The predicted molar refractivity (Wildman–Crippen MR) is 75.5 cm³/mol. The smallest absolute Gasteiger partial charge is 0.277 e. The number of urea groups is 1. The minimum absolute atomic E-state index is 0.189. The summed E-state index contributed by atoms with van der Waals surface area (Å²) in [6, 6.07) is 4.15. The van der Waals surface area contributed by atoms with Gasteiger partial charge in [0.05, 0.1) is 5.69 Å². The Bertz CT molecular complexity index is 598. The van der Waals surface area contributed by atoms with Crippen molar-refractivity contribution in [3.63, 3.8) is 0 Å². The largest absolute Gasteiger partial charge is 0.335 e. The maximum atomic E-state index is 12.4. The first-order valence-corrected chi connectivity index (χ1v) is 6.65. The summed E-state index contributed by atoms with van der Waals surface area (Å²) in [5, 5.41) is 2.75. The fourth-order valence-electron chi connectivity index (χ4n) is 2.28. The van der Waals surface area contributed by atoms with Crippen LogP contribution in [0.25, 0.3) is 0 Å². The van der Waals surface area contributed by atoms with Crippen LogP contribution in [0.2, 0.25) is 5.02 Å². The Morgan fingerprint density at radius 2 is 1.90 bits per heavy atom. The molecule has 5 nitrogen and oxygen atoms in total. The normalized spacial score (nSPS) is 19.6. The lowest BCUT2D eigenvalue weighted by Gasteiger charge is -2.32. The highest BCUT2D eigenvalue weighted by molar-refractivity contribution is 6.31. The summed E-state index contributed by atoms with van der Waals surface area (Å²) >= 11 is 5.87. The van der Waals surface area contributed by atoms with Crippen LogP contribution in [0.5, 0.6) is 0 Å². The second-order valence-electron chi connectivity index (χ2n) is 5.12. The van der Waals surface area contributed by atoms with Crippen molar-refractivity contribution in [2.75, 3.05) is 4.90 Å². The number of benzene rings is 1. The third-order valence-electron chi connectivity index (χ3n) is 3.27. The van der Waals surface area contributed by atoms with Crippen LogP contribution in [0.15, 0.2) is 18.2 Å². The Morgan fingerprint density at radius 3 is 2.45 bits per heavy atom. The van der Waals surface area contributed by atoms with Crippen LogP contribution >= 0.6 is 11.6 Å². The van der Waals surface area contributed by atoms with Gasteiger partial charge in [-0.05, 0) is 36.6 Å². The molecule has 0 aliphatic carbocycles. The number of hydrogen-bond acceptors (Lipinski definition) is 3. The topological polar surface area (TPSA) is 66.5 Å². The standard InChI is InChI=1S/C14H15ClN2O3/c1-7(2)11-12(18)16-14(20)17(13(11)19)10-5-4-9(15)6-8(10)3/h4-7,11H,1-3H3,(H,16,18,20). The van der Waals surface area contributed by atoms with E-state index in [1.807, 2.05) is 0 Å². The van der Waals surface area contributed by atoms with Gasteiger partial charge in [0.1, 0.15) is 5.92 Å². The first-order chi connectivity index (χ1) is 9.32. The van der Waals surface area contributed by atoms with Gasteiger partial charge < -0.3 is 0 Å².